The van der Waals surface area contributed by atoms with Crippen LogP contribution in [0.3, 0.4) is 0 Å². The molecule has 2 rings (SSSR count). The third-order valence-corrected chi connectivity index (χ3v) is 4.52. The summed E-state index contributed by atoms with van der Waals surface area (Å²) in [7, 11) is -4.12. The standard InChI is InChI=1S/C16H15F3N2O3S/c1-10-5-3-4-6-12(10)20-14(22)9-21(25(2,23)24)13-8-7-11(17)15(18)16(13)19/h3-8H,9H2,1-2H3,(H,20,22). The van der Waals surface area contributed by atoms with Crippen LogP contribution in [0.5, 0.6) is 0 Å². The summed E-state index contributed by atoms with van der Waals surface area (Å²) in [6.45, 7) is 0.939. The number of aryl methyl sites for hydroxylation is 1. The van der Waals surface area contributed by atoms with Gasteiger partial charge in [-0.25, -0.2) is 21.6 Å². The highest BCUT2D eigenvalue weighted by Gasteiger charge is 2.26. The molecule has 0 aliphatic carbocycles. The fourth-order valence-electron chi connectivity index (χ4n) is 2.12. The molecule has 0 radical (unpaired) electrons. The highest BCUT2D eigenvalue weighted by molar-refractivity contribution is 7.92. The maximum atomic E-state index is 13.9. The maximum Gasteiger partial charge on any atom is 0.245 e. The highest BCUT2D eigenvalue weighted by Crippen LogP contribution is 2.25. The number of amides is 1. The molecule has 0 saturated carbocycles. The van der Waals surface area contributed by atoms with Crippen molar-refractivity contribution >= 4 is 27.3 Å². The van der Waals surface area contributed by atoms with Gasteiger partial charge in [-0.1, -0.05) is 18.2 Å². The summed E-state index contributed by atoms with van der Waals surface area (Å²) in [5, 5.41) is 2.49. The van der Waals surface area contributed by atoms with E-state index < -0.39 is 45.6 Å². The van der Waals surface area contributed by atoms with Crippen molar-refractivity contribution < 1.29 is 26.4 Å². The molecule has 1 amide bonds. The van der Waals surface area contributed by atoms with Gasteiger partial charge < -0.3 is 5.32 Å². The van der Waals surface area contributed by atoms with Crippen molar-refractivity contribution in [1.82, 2.24) is 0 Å². The molecule has 0 aliphatic heterocycles. The number of sulfonamides is 1. The Hall–Kier alpha value is -2.55. The molecule has 134 valence electrons. The van der Waals surface area contributed by atoms with Gasteiger partial charge in [0.1, 0.15) is 6.54 Å². The van der Waals surface area contributed by atoms with Crippen LogP contribution in [0.4, 0.5) is 24.5 Å². The SMILES string of the molecule is Cc1ccccc1NC(=O)CN(c1ccc(F)c(F)c1F)S(C)(=O)=O. The van der Waals surface area contributed by atoms with Gasteiger partial charge in [-0.05, 0) is 30.7 Å². The van der Waals surface area contributed by atoms with Crippen LogP contribution in [-0.4, -0.2) is 27.1 Å². The third kappa shape index (κ3) is 4.30. The van der Waals surface area contributed by atoms with Gasteiger partial charge in [-0.15, -0.1) is 0 Å². The number of anilines is 2. The van der Waals surface area contributed by atoms with Crippen LogP contribution < -0.4 is 9.62 Å². The van der Waals surface area contributed by atoms with Crippen molar-refractivity contribution in [3.63, 3.8) is 0 Å². The number of nitrogens with zero attached hydrogens (tertiary/aromatic N) is 1. The van der Waals surface area contributed by atoms with Gasteiger partial charge in [0.05, 0.1) is 11.9 Å². The molecule has 1 N–H and O–H groups in total. The van der Waals surface area contributed by atoms with Crippen molar-refractivity contribution in [2.24, 2.45) is 0 Å². The van der Waals surface area contributed by atoms with Gasteiger partial charge in [0.25, 0.3) is 0 Å². The van der Waals surface area contributed by atoms with Gasteiger partial charge in [0.15, 0.2) is 17.5 Å². The van der Waals surface area contributed by atoms with Crippen LogP contribution in [0.2, 0.25) is 0 Å². The minimum atomic E-state index is -4.12. The van der Waals surface area contributed by atoms with E-state index in [1.54, 1.807) is 31.2 Å². The average molecular weight is 372 g/mol. The molecular weight excluding hydrogens is 357 g/mol. The van der Waals surface area contributed by atoms with E-state index in [1.807, 2.05) is 0 Å². The zero-order chi connectivity index (χ0) is 18.8. The van der Waals surface area contributed by atoms with E-state index in [9.17, 15) is 26.4 Å². The van der Waals surface area contributed by atoms with E-state index in [0.717, 1.165) is 17.9 Å². The van der Waals surface area contributed by atoms with Crippen LogP contribution in [0, 0.1) is 24.4 Å². The van der Waals surface area contributed by atoms with Crippen LogP contribution >= 0.6 is 0 Å². The monoisotopic (exact) mass is 372 g/mol. The molecule has 0 atom stereocenters. The van der Waals surface area contributed by atoms with Crippen molar-refractivity contribution in [2.45, 2.75) is 6.92 Å². The summed E-state index contributed by atoms with van der Waals surface area (Å²) in [4.78, 5) is 12.2. The predicted octanol–water partition coefficient (Wildman–Crippen LogP) is 2.82. The molecule has 0 saturated heterocycles. The zero-order valence-corrected chi connectivity index (χ0v) is 14.2. The third-order valence-electron chi connectivity index (χ3n) is 3.39. The largest absolute Gasteiger partial charge is 0.324 e. The van der Waals surface area contributed by atoms with Crippen molar-refractivity contribution in [3.8, 4) is 0 Å². The second kappa shape index (κ2) is 7.14. The zero-order valence-electron chi connectivity index (χ0n) is 13.4. The summed E-state index contributed by atoms with van der Waals surface area (Å²) >= 11 is 0. The summed E-state index contributed by atoms with van der Waals surface area (Å²) in [6, 6.07) is 8.12. The van der Waals surface area contributed by atoms with Crippen LogP contribution in [0.25, 0.3) is 0 Å². The number of carbonyl (C=O) groups is 1. The molecule has 0 aromatic heterocycles. The van der Waals surface area contributed by atoms with E-state index in [2.05, 4.69) is 5.32 Å². The highest BCUT2D eigenvalue weighted by atomic mass is 32.2. The lowest BCUT2D eigenvalue weighted by molar-refractivity contribution is -0.114. The lowest BCUT2D eigenvalue weighted by Crippen LogP contribution is -2.38. The Morgan fingerprint density at radius 3 is 2.32 bits per heavy atom. The number of halogens is 3. The molecule has 2 aromatic rings. The molecule has 0 fully saturated rings. The number of hydrogen-bond acceptors (Lipinski definition) is 3. The molecule has 0 heterocycles. The number of rotatable bonds is 5. The van der Waals surface area contributed by atoms with Crippen molar-refractivity contribution in [3.05, 3.63) is 59.4 Å². The van der Waals surface area contributed by atoms with Crippen LogP contribution in [0.15, 0.2) is 36.4 Å². The van der Waals surface area contributed by atoms with E-state index in [1.165, 1.54) is 0 Å². The second-order valence-electron chi connectivity index (χ2n) is 5.33. The molecule has 0 spiro atoms. The Labute approximate surface area is 143 Å². The molecule has 2 aromatic carbocycles. The van der Waals surface area contributed by atoms with Gasteiger partial charge in [0.2, 0.25) is 15.9 Å². The summed E-state index contributed by atoms with van der Waals surface area (Å²) in [5.74, 6) is -5.72. The van der Waals surface area contributed by atoms with Crippen LogP contribution in [-0.2, 0) is 14.8 Å². The Balaban J connectivity index is 2.33. The lowest BCUT2D eigenvalue weighted by Gasteiger charge is -2.22. The summed E-state index contributed by atoms with van der Waals surface area (Å²) < 4.78 is 64.6. The van der Waals surface area contributed by atoms with Gasteiger partial charge in [0, 0.05) is 5.69 Å². The second-order valence-corrected chi connectivity index (χ2v) is 7.23. The Kier molecular flexibility index (Phi) is 5.36. The van der Waals surface area contributed by atoms with E-state index >= 15 is 0 Å². The quantitative estimate of drug-likeness (QED) is 0.821. The minimum Gasteiger partial charge on any atom is -0.324 e. The number of benzene rings is 2. The Morgan fingerprint density at radius 2 is 1.72 bits per heavy atom. The molecule has 5 nitrogen and oxygen atoms in total. The molecule has 9 heteroatoms. The average Bonchev–Trinajstić information content (AvgIpc) is 2.52. The topological polar surface area (TPSA) is 66.5 Å². The summed E-state index contributed by atoms with van der Waals surface area (Å²) in [5.41, 5.74) is 0.439. The lowest BCUT2D eigenvalue weighted by atomic mass is 10.2. The molecule has 0 aliphatic rings. The number of carbonyl (C=O) groups excluding carboxylic acids is 1. The maximum absolute atomic E-state index is 13.9. The molecular formula is C16H15F3N2O3S. The van der Waals surface area contributed by atoms with E-state index in [4.69, 9.17) is 0 Å². The fraction of sp³-hybridized carbons (Fsp3) is 0.188. The van der Waals surface area contributed by atoms with Gasteiger partial charge in [-0.2, -0.15) is 0 Å². The van der Waals surface area contributed by atoms with Gasteiger partial charge >= 0.3 is 0 Å². The fourth-order valence-corrected chi connectivity index (χ4v) is 2.97. The number of hydrogen-bond donors (Lipinski definition) is 1. The Bertz CT molecular complexity index is 917. The first-order valence-electron chi connectivity index (χ1n) is 7.08. The number of para-hydroxylation sites is 1. The van der Waals surface area contributed by atoms with E-state index in [0.29, 0.717) is 16.1 Å². The first-order chi connectivity index (χ1) is 11.6. The molecule has 0 unspecified atom stereocenters. The smallest absolute Gasteiger partial charge is 0.245 e. The minimum absolute atomic E-state index is 0.373. The first-order valence-corrected chi connectivity index (χ1v) is 8.92. The van der Waals surface area contributed by atoms with Crippen molar-refractivity contribution in [1.29, 1.82) is 0 Å². The number of nitrogens with one attached hydrogen (secondary N) is 1. The molecule has 25 heavy (non-hydrogen) atoms. The van der Waals surface area contributed by atoms with Crippen LogP contribution in [0.1, 0.15) is 5.56 Å². The normalized spacial score (nSPS) is 11.2. The Morgan fingerprint density at radius 1 is 1.08 bits per heavy atom. The van der Waals surface area contributed by atoms with Gasteiger partial charge in [-0.3, -0.25) is 9.10 Å². The van der Waals surface area contributed by atoms with Crippen molar-refractivity contribution in [2.75, 3.05) is 22.4 Å². The predicted molar refractivity (Wildman–Crippen MR) is 88.3 cm³/mol. The molecule has 0 bridgehead atoms. The van der Waals surface area contributed by atoms with E-state index in [-0.39, 0.29) is 0 Å². The summed E-state index contributed by atoms with van der Waals surface area (Å²) in [6.07, 6.45) is 0.731. The first kappa shape index (κ1) is 18.8.